The third-order valence-corrected chi connectivity index (χ3v) is 6.39. The number of anilines is 1. The Bertz CT molecular complexity index is 896. The summed E-state index contributed by atoms with van der Waals surface area (Å²) in [6, 6.07) is 11.5. The van der Waals surface area contributed by atoms with Crippen LogP contribution in [0.4, 0.5) is 5.69 Å². The second-order valence-electron chi connectivity index (χ2n) is 6.46. The number of aryl methyl sites for hydroxylation is 2. The first-order valence-electron chi connectivity index (χ1n) is 8.88. The monoisotopic (exact) mass is 408 g/mol. The highest BCUT2D eigenvalue weighted by molar-refractivity contribution is 7.92. The molecule has 0 saturated heterocycles. The van der Waals surface area contributed by atoms with Crippen LogP contribution in [0.1, 0.15) is 30.9 Å². The smallest absolute Gasteiger partial charge is 0.264 e. The Morgan fingerprint density at radius 1 is 1.11 bits per heavy atom. The summed E-state index contributed by atoms with van der Waals surface area (Å²) in [6.45, 7) is 5.95. The van der Waals surface area contributed by atoms with Crippen molar-refractivity contribution in [1.29, 1.82) is 0 Å². The highest BCUT2D eigenvalue weighted by Crippen LogP contribution is 2.28. The third kappa shape index (κ3) is 5.47. The second kappa shape index (κ2) is 9.24. The number of amides is 1. The minimum absolute atomic E-state index is 0.131. The highest BCUT2D eigenvalue weighted by Gasteiger charge is 2.27. The molecule has 0 aromatic heterocycles. The molecule has 0 spiro atoms. The van der Waals surface area contributed by atoms with E-state index in [0.717, 1.165) is 28.3 Å². The summed E-state index contributed by atoms with van der Waals surface area (Å²) in [4.78, 5) is 12.5. The Morgan fingerprint density at radius 2 is 1.78 bits per heavy atom. The lowest BCUT2D eigenvalue weighted by Gasteiger charge is -2.24. The molecule has 0 radical (unpaired) electrons. The number of nitrogens with zero attached hydrogens (tertiary/aromatic N) is 1. The number of hydrogen-bond donors (Lipinski definition) is 1. The lowest BCUT2D eigenvalue weighted by molar-refractivity contribution is -0.119. The van der Waals surface area contributed by atoms with Crippen LogP contribution in [-0.2, 0) is 14.8 Å². The predicted octanol–water partition coefficient (Wildman–Crippen LogP) is 4.07. The molecule has 0 atom stereocenters. The van der Waals surface area contributed by atoms with E-state index < -0.39 is 10.0 Å². The van der Waals surface area contributed by atoms with Gasteiger partial charge in [-0.2, -0.15) is 0 Å². The van der Waals surface area contributed by atoms with Crippen LogP contribution in [0.3, 0.4) is 0 Å². The van der Waals surface area contributed by atoms with Gasteiger partial charge in [0.05, 0.1) is 10.6 Å². The molecular weight excluding hydrogens is 384 g/mol. The largest absolute Gasteiger partial charge is 0.355 e. The topological polar surface area (TPSA) is 66.5 Å². The van der Waals surface area contributed by atoms with Crippen molar-refractivity contribution in [2.45, 2.75) is 38.5 Å². The number of unbranched alkanes of at least 4 members (excludes halogenated alkanes) is 1. The van der Waals surface area contributed by atoms with E-state index >= 15 is 0 Å². The number of nitrogens with one attached hydrogen (secondary N) is 1. The Kier molecular flexibility index (Phi) is 7.27. The summed E-state index contributed by atoms with van der Waals surface area (Å²) in [7, 11) is -3.91. The molecular formula is C20H25ClN2O3S. The van der Waals surface area contributed by atoms with Gasteiger partial charge in [0.15, 0.2) is 0 Å². The van der Waals surface area contributed by atoms with Crippen molar-refractivity contribution in [3.63, 3.8) is 0 Å². The third-order valence-electron chi connectivity index (χ3n) is 4.19. The first kappa shape index (κ1) is 21.3. The van der Waals surface area contributed by atoms with E-state index in [2.05, 4.69) is 5.32 Å². The molecule has 0 aliphatic rings. The fourth-order valence-corrected chi connectivity index (χ4v) is 4.07. The molecule has 0 unspecified atom stereocenters. The van der Waals surface area contributed by atoms with E-state index in [1.807, 2.05) is 20.8 Å². The Labute approximate surface area is 166 Å². The van der Waals surface area contributed by atoms with E-state index in [9.17, 15) is 13.2 Å². The van der Waals surface area contributed by atoms with Crippen LogP contribution in [0.15, 0.2) is 47.4 Å². The lowest BCUT2D eigenvalue weighted by Crippen LogP contribution is -2.41. The molecule has 0 saturated carbocycles. The van der Waals surface area contributed by atoms with Gasteiger partial charge in [0.25, 0.3) is 10.0 Å². The molecule has 2 aromatic rings. The molecule has 2 rings (SSSR count). The normalized spacial score (nSPS) is 11.3. The number of hydrogen-bond acceptors (Lipinski definition) is 3. The number of sulfonamides is 1. The SMILES string of the molecule is CCCCNC(=O)CN(c1ccc(C)c(Cl)c1)S(=O)(=O)c1ccc(C)cc1. The van der Waals surface area contributed by atoms with Gasteiger partial charge >= 0.3 is 0 Å². The summed E-state index contributed by atoms with van der Waals surface area (Å²) in [5.41, 5.74) is 2.15. The number of rotatable bonds is 8. The summed E-state index contributed by atoms with van der Waals surface area (Å²) >= 11 is 6.19. The molecule has 0 bridgehead atoms. The molecule has 27 heavy (non-hydrogen) atoms. The van der Waals surface area contributed by atoms with Gasteiger partial charge in [0.2, 0.25) is 5.91 Å². The maximum Gasteiger partial charge on any atom is 0.264 e. The van der Waals surface area contributed by atoms with Crippen molar-refractivity contribution in [3.05, 3.63) is 58.6 Å². The summed E-state index contributed by atoms with van der Waals surface area (Å²) in [5.74, 6) is -0.351. The predicted molar refractivity (Wildman–Crippen MR) is 110 cm³/mol. The van der Waals surface area contributed by atoms with Gasteiger partial charge < -0.3 is 5.32 Å². The Hall–Kier alpha value is -2.05. The van der Waals surface area contributed by atoms with E-state index in [1.54, 1.807) is 42.5 Å². The van der Waals surface area contributed by atoms with Crippen LogP contribution < -0.4 is 9.62 Å². The van der Waals surface area contributed by atoms with Gasteiger partial charge in [-0.05, 0) is 50.1 Å². The zero-order chi connectivity index (χ0) is 20.0. The first-order valence-corrected chi connectivity index (χ1v) is 10.7. The Balaban J connectivity index is 2.40. The summed E-state index contributed by atoms with van der Waals surface area (Å²) in [6.07, 6.45) is 1.78. The minimum Gasteiger partial charge on any atom is -0.355 e. The second-order valence-corrected chi connectivity index (χ2v) is 8.73. The van der Waals surface area contributed by atoms with E-state index in [4.69, 9.17) is 11.6 Å². The standard InChI is InChI=1S/C20H25ClN2O3S/c1-4-5-12-22-20(24)14-23(17-9-8-16(3)19(21)13-17)27(25,26)18-10-6-15(2)7-11-18/h6-11,13H,4-5,12,14H2,1-3H3,(H,22,24). The highest BCUT2D eigenvalue weighted by atomic mass is 35.5. The van der Waals surface area contributed by atoms with Crippen LogP contribution in [0.25, 0.3) is 0 Å². The fraction of sp³-hybridized carbons (Fsp3) is 0.350. The van der Waals surface area contributed by atoms with Crippen LogP contribution in [0, 0.1) is 13.8 Å². The van der Waals surface area contributed by atoms with Crippen molar-refractivity contribution in [2.24, 2.45) is 0 Å². The van der Waals surface area contributed by atoms with Crippen molar-refractivity contribution in [2.75, 3.05) is 17.4 Å². The van der Waals surface area contributed by atoms with Gasteiger partial charge in [-0.3, -0.25) is 9.10 Å². The molecule has 0 fully saturated rings. The van der Waals surface area contributed by atoms with E-state index in [0.29, 0.717) is 17.3 Å². The molecule has 0 heterocycles. The first-order chi connectivity index (χ1) is 12.8. The molecule has 0 aliphatic heterocycles. The van der Waals surface area contributed by atoms with Crippen LogP contribution in [-0.4, -0.2) is 27.4 Å². The molecule has 0 aliphatic carbocycles. The van der Waals surface area contributed by atoms with Gasteiger partial charge in [0, 0.05) is 11.6 Å². The van der Waals surface area contributed by atoms with E-state index in [1.165, 1.54) is 0 Å². The van der Waals surface area contributed by atoms with Crippen molar-refractivity contribution >= 4 is 33.2 Å². The Morgan fingerprint density at radius 3 is 2.37 bits per heavy atom. The van der Waals surface area contributed by atoms with Crippen molar-refractivity contribution in [3.8, 4) is 0 Å². The van der Waals surface area contributed by atoms with Gasteiger partial charge in [-0.25, -0.2) is 8.42 Å². The molecule has 1 amide bonds. The summed E-state index contributed by atoms with van der Waals surface area (Å²) in [5, 5.41) is 3.21. The average Bonchev–Trinajstić information content (AvgIpc) is 2.62. The number of carbonyl (C=O) groups excluding carboxylic acids is 1. The van der Waals surface area contributed by atoms with Crippen LogP contribution in [0.2, 0.25) is 5.02 Å². The quantitative estimate of drug-likeness (QED) is 0.669. The van der Waals surface area contributed by atoms with Gasteiger partial charge in [0.1, 0.15) is 6.54 Å². The van der Waals surface area contributed by atoms with E-state index in [-0.39, 0.29) is 17.3 Å². The maximum absolute atomic E-state index is 13.2. The molecule has 5 nitrogen and oxygen atoms in total. The van der Waals surface area contributed by atoms with Crippen LogP contribution >= 0.6 is 11.6 Å². The van der Waals surface area contributed by atoms with Crippen molar-refractivity contribution < 1.29 is 13.2 Å². The lowest BCUT2D eigenvalue weighted by atomic mass is 10.2. The number of halogens is 1. The van der Waals surface area contributed by atoms with Crippen LogP contribution in [0.5, 0.6) is 0 Å². The zero-order valence-electron chi connectivity index (χ0n) is 15.8. The summed E-state index contributed by atoms with van der Waals surface area (Å²) < 4.78 is 27.5. The molecule has 7 heteroatoms. The average molecular weight is 409 g/mol. The number of benzene rings is 2. The molecule has 146 valence electrons. The van der Waals surface area contributed by atoms with Gasteiger partial charge in [-0.15, -0.1) is 0 Å². The molecule has 2 aromatic carbocycles. The minimum atomic E-state index is -3.91. The zero-order valence-corrected chi connectivity index (χ0v) is 17.4. The van der Waals surface area contributed by atoms with Crippen molar-refractivity contribution in [1.82, 2.24) is 5.32 Å². The van der Waals surface area contributed by atoms with Gasteiger partial charge in [-0.1, -0.05) is 48.7 Å². The fourth-order valence-electron chi connectivity index (χ4n) is 2.48. The number of carbonyl (C=O) groups is 1. The molecule has 1 N–H and O–H groups in total. The maximum atomic E-state index is 13.2.